The van der Waals surface area contributed by atoms with Crippen molar-refractivity contribution in [3.63, 3.8) is 0 Å². The molecule has 18 heavy (non-hydrogen) atoms. The number of rotatable bonds is 10. The van der Waals surface area contributed by atoms with Crippen LogP contribution in [-0.2, 0) is 9.59 Å². The van der Waals surface area contributed by atoms with Crippen molar-refractivity contribution in [1.29, 1.82) is 0 Å². The molecule has 106 valence electrons. The quantitative estimate of drug-likeness (QED) is 0.401. The van der Waals surface area contributed by atoms with Gasteiger partial charge in [-0.05, 0) is 20.3 Å². The number of nitrogens with two attached hydrogens (primary N) is 2. The predicted octanol–water partition coefficient (Wildman–Crippen LogP) is 0.528. The Labute approximate surface area is 117 Å². The number of ketones is 1. The number of hydrogen-bond donors (Lipinski definition) is 3. The van der Waals surface area contributed by atoms with Crippen LogP contribution in [0.4, 0.5) is 0 Å². The second-order valence-electron chi connectivity index (χ2n) is 4.08. The third-order valence-corrected chi connectivity index (χ3v) is 4.63. The second-order valence-corrected chi connectivity index (χ2v) is 6.78. The zero-order valence-corrected chi connectivity index (χ0v) is 12.6. The van der Waals surface area contributed by atoms with Gasteiger partial charge in [0.1, 0.15) is 5.78 Å². The Kier molecular flexibility index (Phi) is 10.5. The van der Waals surface area contributed by atoms with Crippen LogP contribution in [0.1, 0.15) is 26.7 Å². The SMILES string of the molecule is CC(N)C(=O)CCCSSCCNC(=O)C(C)N. The normalized spacial score (nSPS) is 14.0. The van der Waals surface area contributed by atoms with E-state index in [1.165, 1.54) is 0 Å². The summed E-state index contributed by atoms with van der Waals surface area (Å²) in [5, 5.41) is 2.74. The lowest BCUT2D eigenvalue weighted by atomic mass is 10.1. The smallest absolute Gasteiger partial charge is 0.236 e. The molecule has 0 saturated heterocycles. The van der Waals surface area contributed by atoms with Crippen LogP contribution < -0.4 is 16.8 Å². The summed E-state index contributed by atoms with van der Waals surface area (Å²) >= 11 is 0. The van der Waals surface area contributed by atoms with Gasteiger partial charge in [0.25, 0.3) is 0 Å². The summed E-state index contributed by atoms with van der Waals surface area (Å²) in [7, 11) is 3.39. The van der Waals surface area contributed by atoms with Crippen LogP contribution in [0.3, 0.4) is 0 Å². The molecule has 5 nitrogen and oxygen atoms in total. The summed E-state index contributed by atoms with van der Waals surface area (Å²) in [5.74, 6) is 1.75. The molecule has 0 aromatic rings. The maximum atomic E-state index is 11.2. The van der Waals surface area contributed by atoms with Gasteiger partial charge in [0, 0.05) is 24.5 Å². The van der Waals surface area contributed by atoms with E-state index in [1.807, 2.05) is 0 Å². The zero-order chi connectivity index (χ0) is 14.0. The average molecular weight is 293 g/mol. The molecule has 0 spiro atoms. The van der Waals surface area contributed by atoms with Gasteiger partial charge < -0.3 is 16.8 Å². The fraction of sp³-hybridized carbons (Fsp3) is 0.818. The first-order valence-electron chi connectivity index (χ1n) is 6.01. The van der Waals surface area contributed by atoms with Crippen molar-refractivity contribution in [3.05, 3.63) is 0 Å². The number of hydrogen-bond acceptors (Lipinski definition) is 6. The molecule has 2 unspecified atom stereocenters. The van der Waals surface area contributed by atoms with Crippen LogP contribution in [0.25, 0.3) is 0 Å². The molecule has 0 aliphatic heterocycles. The summed E-state index contributed by atoms with van der Waals surface area (Å²) in [5.41, 5.74) is 10.9. The number of carbonyl (C=O) groups excluding carboxylic acids is 2. The van der Waals surface area contributed by atoms with Crippen LogP contribution in [0.2, 0.25) is 0 Å². The lowest BCUT2D eigenvalue weighted by Gasteiger charge is -2.07. The molecule has 2 atom stereocenters. The zero-order valence-electron chi connectivity index (χ0n) is 11.0. The van der Waals surface area contributed by atoms with Crippen molar-refractivity contribution >= 4 is 33.3 Å². The van der Waals surface area contributed by atoms with Gasteiger partial charge in [-0.25, -0.2) is 0 Å². The minimum absolute atomic E-state index is 0.116. The molecule has 0 heterocycles. The van der Waals surface area contributed by atoms with Crippen LogP contribution >= 0.6 is 21.6 Å². The topological polar surface area (TPSA) is 98.2 Å². The highest BCUT2D eigenvalue weighted by molar-refractivity contribution is 8.76. The monoisotopic (exact) mass is 293 g/mol. The summed E-state index contributed by atoms with van der Waals surface area (Å²) in [6.07, 6.45) is 1.40. The molecule has 0 aromatic heterocycles. The Morgan fingerprint density at radius 1 is 1.11 bits per heavy atom. The Morgan fingerprint density at radius 3 is 2.28 bits per heavy atom. The van der Waals surface area contributed by atoms with E-state index in [0.717, 1.165) is 17.9 Å². The summed E-state index contributed by atoms with van der Waals surface area (Å²) in [6, 6.07) is -0.803. The lowest BCUT2D eigenvalue weighted by molar-refractivity contribution is -0.122. The van der Waals surface area contributed by atoms with Gasteiger partial charge >= 0.3 is 0 Å². The van der Waals surface area contributed by atoms with Crippen molar-refractivity contribution in [2.24, 2.45) is 11.5 Å². The molecule has 0 aliphatic rings. The number of nitrogens with one attached hydrogen (secondary N) is 1. The molecule has 0 aliphatic carbocycles. The van der Waals surface area contributed by atoms with Gasteiger partial charge in [0.15, 0.2) is 0 Å². The maximum absolute atomic E-state index is 11.2. The highest BCUT2D eigenvalue weighted by Gasteiger charge is 2.07. The largest absolute Gasteiger partial charge is 0.354 e. The summed E-state index contributed by atoms with van der Waals surface area (Å²) in [4.78, 5) is 22.3. The molecule has 0 aromatic carbocycles. The Morgan fingerprint density at radius 2 is 1.72 bits per heavy atom. The third-order valence-electron chi connectivity index (χ3n) is 2.14. The third kappa shape index (κ3) is 9.76. The van der Waals surface area contributed by atoms with E-state index in [-0.39, 0.29) is 17.7 Å². The summed E-state index contributed by atoms with van der Waals surface area (Å²) in [6.45, 7) is 3.99. The number of Topliss-reactive ketones (excluding diaryl/α,β-unsaturated/α-hetero) is 1. The molecule has 0 bridgehead atoms. The van der Waals surface area contributed by atoms with Crippen molar-refractivity contribution < 1.29 is 9.59 Å². The molecular formula is C11H23N3O2S2. The average Bonchev–Trinajstić information content (AvgIpc) is 2.31. The molecule has 0 saturated carbocycles. The lowest BCUT2D eigenvalue weighted by Crippen LogP contribution is -2.39. The summed E-state index contributed by atoms with van der Waals surface area (Å²) < 4.78 is 0. The van der Waals surface area contributed by atoms with Gasteiger partial charge in [-0.15, -0.1) is 0 Å². The highest BCUT2D eigenvalue weighted by Crippen LogP contribution is 2.21. The van der Waals surface area contributed by atoms with Crippen LogP contribution in [0, 0.1) is 0 Å². The van der Waals surface area contributed by atoms with Crippen LogP contribution in [-0.4, -0.2) is 41.8 Å². The molecule has 7 heteroatoms. The van der Waals surface area contributed by atoms with Gasteiger partial charge in [-0.3, -0.25) is 9.59 Å². The standard InChI is InChI=1S/C11H23N3O2S2/c1-8(12)10(15)4-3-6-17-18-7-5-14-11(16)9(2)13/h8-9H,3-7,12-13H2,1-2H3,(H,14,16). The van der Waals surface area contributed by atoms with Gasteiger partial charge in [0.2, 0.25) is 5.91 Å². The first-order valence-corrected chi connectivity index (χ1v) is 8.50. The molecular weight excluding hydrogens is 270 g/mol. The highest BCUT2D eigenvalue weighted by atomic mass is 33.1. The molecule has 0 radical (unpaired) electrons. The minimum Gasteiger partial charge on any atom is -0.354 e. The van der Waals surface area contributed by atoms with Crippen molar-refractivity contribution in [2.45, 2.75) is 38.8 Å². The second kappa shape index (κ2) is 10.7. The van der Waals surface area contributed by atoms with Crippen molar-refractivity contribution in [2.75, 3.05) is 18.1 Å². The predicted molar refractivity (Wildman–Crippen MR) is 79.5 cm³/mol. The van der Waals surface area contributed by atoms with E-state index in [2.05, 4.69) is 5.32 Å². The van der Waals surface area contributed by atoms with Crippen LogP contribution in [0.15, 0.2) is 0 Å². The van der Waals surface area contributed by atoms with E-state index in [9.17, 15) is 9.59 Å². The van der Waals surface area contributed by atoms with Gasteiger partial charge in [-0.2, -0.15) is 0 Å². The fourth-order valence-corrected chi connectivity index (χ4v) is 3.02. The first-order chi connectivity index (χ1) is 8.45. The van der Waals surface area contributed by atoms with Gasteiger partial charge in [-0.1, -0.05) is 21.6 Å². The van der Waals surface area contributed by atoms with E-state index >= 15 is 0 Å². The first kappa shape index (κ1) is 17.8. The van der Waals surface area contributed by atoms with E-state index in [4.69, 9.17) is 11.5 Å². The minimum atomic E-state index is -0.452. The van der Waals surface area contributed by atoms with Crippen molar-refractivity contribution in [1.82, 2.24) is 5.32 Å². The molecule has 0 fully saturated rings. The molecule has 1 amide bonds. The van der Waals surface area contributed by atoms with E-state index in [0.29, 0.717) is 13.0 Å². The number of carbonyl (C=O) groups is 2. The molecule has 5 N–H and O–H groups in total. The van der Waals surface area contributed by atoms with Crippen molar-refractivity contribution in [3.8, 4) is 0 Å². The van der Waals surface area contributed by atoms with Crippen LogP contribution in [0.5, 0.6) is 0 Å². The Balaban J connectivity index is 3.27. The van der Waals surface area contributed by atoms with E-state index < -0.39 is 6.04 Å². The van der Waals surface area contributed by atoms with Gasteiger partial charge in [0.05, 0.1) is 12.1 Å². The number of amides is 1. The fourth-order valence-electron chi connectivity index (χ4n) is 1.03. The maximum Gasteiger partial charge on any atom is 0.236 e. The molecule has 0 rings (SSSR count). The Bertz CT molecular complexity index is 235. The van der Waals surface area contributed by atoms with E-state index in [1.54, 1.807) is 35.4 Å². The Hall–Kier alpha value is -0.240.